The second-order valence-corrected chi connectivity index (χ2v) is 3.73. The molecule has 1 aliphatic heterocycles. The van der Waals surface area contributed by atoms with Gasteiger partial charge in [0, 0.05) is 10.6 Å². The fourth-order valence-electron chi connectivity index (χ4n) is 1.34. The monoisotopic (exact) mass is 226 g/mol. The van der Waals surface area contributed by atoms with Gasteiger partial charge in [-0.05, 0) is 18.3 Å². The molecule has 1 heterocycles. The maximum Gasteiger partial charge on any atom is 0.253 e. The van der Waals surface area contributed by atoms with Gasteiger partial charge in [0.25, 0.3) is 5.91 Å². The molecule has 0 aromatic heterocycles. The Morgan fingerprint density at radius 1 is 1.36 bits per heavy atom. The minimum Gasteiger partial charge on any atom is -0.347 e. The van der Waals surface area contributed by atoms with Gasteiger partial charge in [-0.2, -0.15) is 0 Å². The highest BCUT2D eigenvalue weighted by Gasteiger charge is 2.29. The fraction of sp³-hybridized carbons (Fsp3) is 0.111. The number of carbonyl (C=O) groups excluding carboxylic acids is 1. The van der Waals surface area contributed by atoms with Crippen molar-refractivity contribution in [3.63, 3.8) is 0 Å². The average molecular weight is 227 g/mol. The van der Waals surface area contributed by atoms with E-state index in [2.05, 4.69) is 10.6 Å². The van der Waals surface area contributed by atoms with Crippen molar-refractivity contribution >= 4 is 34.8 Å². The van der Waals surface area contributed by atoms with Gasteiger partial charge in [0.1, 0.15) is 6.04 Å². The molecule has 72 valence electrons. The lowest BCUT2D eigenvalue weighted by atomic mass is 10.1. The first-order chi connectivity index (χ1) is 6.68. The van der Waals surface area contributed by atoms with Gasteiger partial charge in [-0.1, -0.05) is 29.8 Å². The third-order valence-electron chi connectivity index (χ3n) is 1.99. The van der Waals surface area contributed by atoms with Crippen LogP contribution in [0.1, 0.15) is 11.6 Å². The number of benzene rings is 1. The summed E-state index contributed by atoms with van der Waals surface area (Å²) in [6.07, 6.45) is 0. The molecular formula is C9H7ClN2OS. The molecule has 14 heavy (non-hydrogen) atoms. The molecule has 2 N–H and O–H groups in total. The van der Waals surface area contributed by atoms with Crippen LogP contribution in [0, 0.1) is 0 Å². The Morgan fingerprint density at radius 3 is 2.64 bits per heavy atom. The van der Waals surface area contributed by atoms with E-state index in [4.69, 9.17) is 23.8 Å². The van der Waals surface area contributed by atoms with Gasteiger partial charge >= 0.3 is 0 Å². The van der Waals surface area contributed by atoms with Gasteiger partial charge in [0.15, 0.2) is 5.11 Å². The molecule has 3 nitrogen and oxygen atoms in total. The Hall–Kier alpha value is -1.13. The Balaban J connectivity index is 2.36. The molecule has 0 aliphatic carbocycles. The Labute approximate surface area is 91.4 Å². The maximum absolute atomic E-state index is 11.4. The first-order valence-electron chi connectivity index (χ1n) is 4.04. The number of thiocarbonyl (C=S) groups is 1. The number of hydrogen-bond donors (Lipinski definition) is 2. The van der Waals surface area contributed by atoms with E-state index < -0.39 is 6.04 Å². The molecule has 1 aromatic carbocycles. The fourth-order valence-corrected chi connectivity index (χ4v) is 1.81. The molecular weight excluding hydrogens is 220 g/mol. The van der Waals surface area contributed by atoms with E-state index in [0.29, 0.717) is 10.1 Å². The number of carbonyl (C=O) groups is 1. The zero-order valence-corrected chi connectivity index (χ0v) is 8.65. The van der Waals surface area contributed by atoms with Crippen molar-refractivity contribution in [3.05, 3.63) is 34.9 Å². The van der Waals surface area contributed by atoms with Crippen molar-refractivity contribution in [2.24, 2.45) is 0 Å². The number of amides is 1. The molecule has 1 aliphatic rings. The molecule has 1 unspecified atom stereocenters. The van der Waals surface area contributed by atoms with Crippen LogP contribution < -0.4 is 10.6 Å². The van der Waals surface area contributed by atoms with E-state index >= 15 is 0 Å². The molecule has 0 spiro atoms. The highest BCUT2D eigenvalue weighted by atomic mass is 35.5. The molecule has 1 atom stereocenters. The molecule has 0 bridgehead atoms. The minimum atomic E-state index is -0.462. The van der Waals surface area contributed by atoms with Gasteiger partial charge in [-0.25, -0.2) is 0 Å². The molecule has 1 fully saturated rings. The Kier molecular flexibility index (Phi) is 2.39. The lowest BCUT2D eigenvalue weighted by Gasteiger charge is -2.09. The van der Waals surface area contributed by atoms with E-state index in [9.17, 15) is 4.79 Å². The summed E-state index contributed by atoms with van der Waals surface area (Å²) in [5.41, 5.74) is 0.742. The van der Waals surface area contributed by atoms with Crippen LogP contribution in [0.5, 0.6) is 0 Å². The summed E-state index contributed by atoms with van der Waals surface area (Å²) in [6, 6.07) is 6.73. The number of nitrogens with one attached hydrogen (secondary N) is 2. The molecule has 0 saturated carbocycles. The highest BCUT2D eigenvalue weighted by molar-refractivity contribution is 7.80. The van der Waals surface area contributed by atoms with Crippen molar-refractivity contribution in [3.8, 4) is 0 Å². The van der Waals surface area contributed by atoms with Gasteiger partial charge < -0.3 is 10.6 Å². The summed E-state index contributed by atoms with van der Waals surface area (Å²) in [5, 5.41) is 6.27. The Morgan fingerprint density at radius 2 is 2.07 bits per heavy atom. The van der Waals surface area contributed by atoms with Gasteiger partial charge in [0.2, 0.25) is 0 Å². The van der Waals surface area contributed by atoms with Crippen molar-refractivity contribution in [1.29, 1.82) is 0 Å². The van der Waals surface area contributed by atoms with Crippen molar-refractivity contribution in [2.45, 2.75) is 6.04 Å². The second-order valence-electron chi connectivity index (χ2n) is 2.92. The summed E-state index contributed by atoms with van der Waals surface area (Å²) in [6.45, 7) is 0. The van der Waals surface area contributed by atoms with Crippen LogP contribution in [0.25, 0.3) is 0 Å². The van der Waals surface area contributed by atoms with Crippen LogP contribution in [0.4, 0.5) is 0 Å². The minimum absolute atomic E-state index is 0.164. The van der Waals surface area contributed by atoms with Crippen LogP contribution in [-0.4, -0.2) is 11.0 Å². The van der Waals surface area contributed by atoms with Crippen LogP contribution in [-0.2, 0) is 4.79 Å². The highest BCUT2D eigenvalue weighted by Crippen LogP contribution is 2.24. The van der Waals surface area contributed by atoms with Gasteiger partial charge in [-0.3, -0.25) is 4.79 Å². The topological polar surface area (TPSA) is 41.1 Å². The predicted octanol–water partition coefficient (Wildman–Crippen LogP) is 1.39. The summed E-state index contributed by atoms with van der Waals surface area (Å²) in [5.74, 6) is -0.164. The van der Waals surface area contributed by atoms with Crippen molar-refractivity contribution in [1.82, 2.24) is 10.6 Å². The van der Waals surface area contributed by atoms with Gasteiger partial charge in [-0.15, -0.1) is 0 Å². The standard InChI is InChI=1S/C9H7ClN2OS/c10-6-4-2-1-3-5(6)7-8(13)12-9(14)11-7/h1-4,7H,(H2,11,12,13,14). The van der Waals surface area contributed by atoms with Crippen LogP contribution in [0.3, 0.4) is 0 Å². The van der Waals surface area contributed by atoms with E-state index in [1.165, 1.54) is 0 Å². The first kappa shape index (κ1) is 9.43. The molecule has 2 rings (SSSR count). The number of hydrogen-bond acceptors (Lipinski definition) is 2. The van der Waals surface area contributed by atoms with E-state index in [1.54, 1.807) is 12.1 Å². The quantitative estimate of drug-likeness (QED) is 0.711. The zero-order chi connectivity index (χ0) is 10.1. The molecule has 5 heteroatoms. The Bertz CT molecular complexity index is 408. The molecule has 0 radical (unpaired) electrons. The smallest absolute Gasteiger partial charge is 0.253 e. The summed E-state index contributed by atoms with van der Waals surface area (Å²) in [7, 11) is 0. The first-order valence-corrected chi connectivity index (χ1v) is 4.83. The third kappa shape index (κ3) is 1.58. The van der Waals surface area contributed by atoms with E-state index in [-0.39, 0.29) is 5.91 Å². The van der Waals surface area contributed by atoms with Gasteiger partial charge in [0.05, 0.1) is 0 Å². The number of rotatable bonds is 1. The molecule has 1 aromatic rings. The molecule has 1 saturated heterocycles. The largest absolute Gasteiger partial charge is 0.347 e. The lowest BCUT2D eigenvalue weighted by Crippen LogP contribution is -2.21. The van der Waals surface area contributed by atoms with Crippen LogP contribution >= 0.6 is 23.8 Å². The van der Waals surface area contributed by atoms with E-state index in [0.717, 1.165) is 5.56 Å². The predicted molar refractivity (Wildman–Crippen MR) is 58.1 cm³/mol. The van der Waals surface area contributed by atoms with E-state index in [1.807, 2.05) is 12.1 Å². The summed E-state index contributed by atoms with van der Waals surface area (Å²) in [4.78, 5) is 11.4. The van der Waals surface area contributed by atoms with Crippen LogP contribution in [0.15, 0.2) is 24.3 Å². The third-order valence-corrected chi connectivity index (χ3v) is 2.55. The van der Waals surface area contributed by atoms with Crippen LogP contribution in [0.2, 0.25) is 5.02 Å². The van der Waals surface area contributed by atoms with Crippen molar-refractivity contribution < 1.29 is 4.79 Å². The number of halogens is 1. The molecule has 1 amide bonds. The normalized spacial score (nSPS) is 20.5. The summed E-state index contributed by atoms with van der Waals surface area (Å²) >= 11 is 10.8. The zero-order valence-electron chi connectivity index (χ0n) is 7.08. The summed E-state index contributed by atoms with van der Waals surface area (Å²) < 4.78 is 0. The maximum atomic E-state index is 11.4. The second kappa shape index (κ2) is 3.55. The van der Waals surface area contributed by atoms with Crippen molar-refractivity contribution in [2.75, 3.05) is 0 Å². The SMILES string of the molecule is O=C1NC(=S)NC1c1ccccc1Cl. The average Bonchev–Trinajstić information content (AvgIpc) is 2.46. The lowest BCUT2D eigenvalue weighted by molar-refractivity contribution is -0.120.